The first kappa shape index (κ1) is 36.6. The molecule has 0 fully saturated rings. The van der Waals surface area contributed by atoms with Gasteiger partial charge in [0.15, 0.2) is 0 Å². The van der Waals surface area contributed by atoms with E-state index in [1.807, 2.05) is 0 Å². The van der Waals surface area contributed by atoms with Crippen LogP contribution in [0, 0.1) is 0 Å². The third-order valence-corrected chi connectivity index (χ3v) is 13.6. The van der Waals surface area contributed by atoms with Crippen LogP contribution in [0.3, 0.4) is 0 Å². The molecule has 0 aliphatic heterocycles. The van der Waals surface area contributed by atoms with Gasteiger partial charge in [0.25, 0.3) is 0 Å². The van der Waals surface area contributed by atoms with Gasteiger partial charge in [-0.05, 0) is 106 Å². The molecular weight excluding hydrogens is 805 g/mol. The van der Waals surface area contributed by atoms with Crippen molar-refractivity contribution in [2.24, 2.45) is 0 Å². The molecule has 0 radical (unpaired) electrons. The molecule has 0 aliphatic rings. The van der Waals surface area contributed by atoms with Crippen molar-refractivity contribution >= 4 is 104 Å². The highest BCUT2D eigenvalue weighted by molar-refractivity contribution is 6.20. The number of fused-ring (bicyclic) bond motifs is 13. The summed E-state index contributed by atoms with van der Waals surface area (Å²) in [6.07, 6.45) is 0. The smallest absolute Gasteiger partial charge is 0.143 e. The lowest BCUT2D eigenvalue weighted by Gasteiger charge is -2.29. The molecule has 0 amide bonds. The number of anilines is 3. The van der Waals surface area contributed by atoms with E-state index in [1.165, 1.54) is 21.5 Å². The number of furan rings is 2. The fraction of sp³-hybridized carbons (Fsp3) is 0. The summed E-state index contributed by atoms with van der Waals surface area (Å²) >= 11 is 0. The molecule has 14 rings (SSSR count). The Morgan fingerprint density at radius 3 is 1.47 bits per heavy atom. The van der Waals surface area contributed by atoms with Gasteiger partial charge in [0.2, 0.25) is 0 Å². The first-order valence-corrected chi connectivity index (χ1v) is 22.5. The molecule has 11 aromatic carbocycles. The number of para-hydroxylation sites is 4. The first-order chi connectivity index (χ1) is 32.7. The van der Waals surface area contributed by atoms with Crippen molar-refractivity contribution in [3.8, 4) is 27.9 Å². The third kappa shape index (κ3) is 5.45. The van der Waals surface area contributed by atoms with Crippen molar-refractivity contribution < 1.29 is 8.83 Å². The predicted octanol–water partition coefficient (Wildman–Crippen LogP) is 17.7. The minimum Gasteiger partial charge on any atom is -0.455 e. The van der Waals surface area contributed by atoms with E-state index < -0.39 is 0 Å². The van der Waals surface area contributed by atoms with Gasteiger partial charge in [-0.3, -0.25) is 0 Å². The Morgan fingerprint density at radius 2 is 0.848 bits per heavy atom. The maximum Gasteiger partial charge on any atom is 0.143 e. The zero-order valence-electron chi connectivity index (χ0n) is 35.7. The second-order valence-corrected chi connectivity index (χ2v) is 17.2. The minimum atomic E-state index is 0.877. The van der Waals surface area contributed by atoms with E-state index in [4.69, 9.17) is 8.83 Å². The van der Waals surface area contributed by atoms with Gasteiger partial charge < -0.3 is 18.3 Å². The zero-order chi connectivity index (χ0) is 43.3. The van der Waals surface area contributed by atoms with Gasteiger partial charge in [0.05, 0.1) is 22.4 Å². The van der Waals surface area contributed by atoms with Gasteiger partial charge in [-0.1, -0.05) is 158 Å². The van der Waals surface area contributed by atoms with Crippen LogP contribution in [-0.2, 0) is 0 Å². The Labute approximate surface area is 379 Å². The molecular formula is C62H38N2O2. The number of nitrogens with zero attached hydrogens (tertiary/aromatic N) is 2. The monoisotopic (exact) mass is 842 g/mol. The van der Waals surface area contributed by atoms with Gasteiger partial charge >= 0.3 is 0 Å². The van der Waals surface area contributed by atoms with E-state index in [-0.39, 0.29) is 0 Å². The predicted molar refractivity (Wildman–Crippen MR) is 276 cm³/mol. The number of rotatable bonds is 6. The lowest BCUT2D eigenvalue weighted by molar-refractivity contribution is 0.672. The molecule has 4 heteroatoms. The summed E-state index contributed by atoms with van der Waals surface area (Å²) in [6, 6.07) is 82.7. The summed E-state index contributed by atoms with van der Waals surface area (Å²) in [6.45, 7) is 0. The highest BCUT2D eigenvalue weighted by atomic mass is 16.3. The highest BCUT2D eigenvalue weighted by Crippen LogP contribution is 2.46. The van der Waals surface area contributed by atoms with Gasteiger partial charge in [-0.2, -0.15) is 0 Å². The Bertz CT molecular complexity index is 4190. The Kier molecular flexibility index (Phi) is 7.95. The van der Waals surface area contributed by atoms with Crippen LogP contribution in [0.1, 0.15) is 0 Å². The largest absolute Gasteiger partial charge is 0.455 e. The second-order valence-electron chi connectivity index (χ2n) is 17.2. The quantitative estimate of drug-likeness (QED) is 0.167. The average Bonchev–Trinajstić information content (AvgIpc) is 4.07. The maximum atomic E-state index is 6.66. The number of benzene rings is 11. The number of aromatic nitrogens is 1. The Balaban J connectivity index is 0.974. The van der Waals surface area contributed by atoms with Crippen molar-refractivity contribution in [2.75, 3.05) is 4.90 Å². The van der Waals surface area contributed by atoms with E-state index in [1.54, 1.807) is 0 Å². The summed E-state index contributed by atoms with van der Waals surface area (Å²) in [5.41, 5.74) is 14.6. The molecule has 0 aliphatic carbocycles. The molecule has 66 heavy (non-hydrogen) atoms. The maximum absolute atomic E-state index is 6.66. The second kappa shape index (κ2) is 14.3. The molecule has 0 bridgehead atoms. The van der Waals surface area contributed by atoms with Gasteiger partial charge in [-0.15, -0.1) is 0 Å². The molecule has 0 saturated heterocycles. The number of hydrogen-bond donors (Lipinski definition) is 0. The number of hydrogen-bond acceptors (Lipinski definition) is 3. The van der Waals surface area contributed by atoms with Crippen LogP contribution in [0.5, 0.6) is 0 Å². The molecule has 3 heterocycles. The van der Waals surface area contributed by atoms with Crippen LogP contribution in [-0.4, -0.2) is 4.57 Å². The molecule has 0 atom stereocenters. The van der Waals surface area contributed by atoms with E-state index in [9.17, 15) is 0 Å². The average molecular weight is 843 g/mol. The van der Waals surface area contributed by atoms with Crippen LogP contribution in [0.25, 0.3) is 115 Å². The molecule has 0 spiro atoms. The molecule has 0 unspecified atom stereocenters. The van der Waals surface area contributed by atoms with Crippen molar-refractivity contribution in [3.05, 3.63) is 231 Å². The lowest BCUT2D eigenvalue weighted by Crippen LogP contribution is -2.13. The fourth-order valence-electron chi connectivity index (χ4n) is 10.6. The van der Waals surface area contributed by atoms with Gasteiger partial charge in [0.1, 0.15) is 22.3 Å². The van der Waals surface area contributed by atoms with Crippen LogP contribution in [0.4, 0.5) is 17.1 Å². The SMILES string of the molecule is c1cc(-c2cccc3oc4c5ccccc5ccc4c23)cc(N(c2ccc(-c3cccc4oc5c6ccccc6ccc5c34)cc2)c2ccccc2-n2c3ccccc3c3ccccc32)c1. The highest BCUT2D eigenvalue weighted by Gasteiger charge is 2.23. The Morgan fingerprint density at radius 1 is 0.333 bits per heavy atom. The van der Waals surface area contributed by atoms with Crippen molar-refractivity contribution in [1.82, 2.24) is 4.57 Å². The van der Waals surface area contributed by atoms with Crippen molar-refractivity contribution in [2.45, 2.75) is 0 Å². The van der Waals surface area contributed by atoms with Crippen LogP contribution in [0.2, 0.25) is 0 Å². The summed E-state index contributed by atoms with van der Waals surface area (Å²) in [5.74, 6) is 0. The fourth-order valence-corrected chi connectivity index (χ4v) is 10.6. The van der Waals surface area contributed by atoms with Crippen molar-refractivity contribution in [3.63, 3.8) is 0 Å². The van der Waals surface area contributed by atoms with E-state index in [0.29, 0.717) is 0 Å². The van der Waals surface area contributed by atoms with Crippen LogP contribution in [0.15, 0.2) is 239 Å². The summed E-state index contributed by atoms with van der Waals surface area (Å²) in [4.78, 5) is 2.41. The van der Waals surface area contributed by atoms with Gasteiger partial charge in [-0.25, -0.2) is 0 Å². The lowest BCUT2D eigenvalue weighted by atomic mass is 9.97. The standard InChI is InChI=1S/C62H38N2O2/c1-3-18-47-39(14-1)32-36-51-59-45(22-12-28-57(59)65-61(47)51)41-30-34-43(35-31-41)63(55-26-9-10-27-56(55)64-53-24-7-5-20-49(53)50-21-6-8-25-54(50)64)44-17-11-16-42(38-44)46-23-13-29-58-60(46)52-37-33-40-15-2-4-19-48(40)62(52)66-58/h1-38H. The normalized spacial score (nSPS) is 11.9. The third-order valence-electron chi connectivity index (χ3n) is 13.6. The molecule has 0 N–H and O–H groups in total. The molecule has 308 valence electrons. The summed E-state index contributed by atoms with van der Waals surface area (Å²) in [7, 11) is 0. The van der Waals surface area contributed by atoms with E-state index >= 15 is 0 Å². The van der Waals surface area contributed by atoms with Crippen molar-refractivity contribution in [1.29, 1.82) is 0 Å². The molecule has 4 nitrogen and oxygen atoms in total. The minimum absolute atomic E-state index is 0.877. The van der Waals surface area contributed by atoms with Crippen LogP contribution < -0.4 is 4.90 Å². The molecule has 0 saturated carbocycles. The topological polar surface area (TPSA) is 34.5 Å². The molecule has 3 aromatic heterocycles. The van der Waals surface area contributed by atoms with Crippen LogP contribution >= 0.6 is 0 Å². The van der Waals surface area contributed by atoms with E-state index in [0.717, 1.165) is 111 Å². The first-order valence-electron chi connectivity index (χ1n) is 22.5. The summed E-state index contributed by atoms with van der Waals surface area (Å²) < 4.78 is 15.7. The molecule has 14 aromatic rings. The Hall–Kier alpha value is -8.86. The van der Waals surface area contributed by atoms with Gasteiger partial charge in [0, 0.05) is 54.5 Å². The summed E-state index contributed by atoms with van der Waals surface area (Å²) in [5, 5.41) is 11.5. The van der Waals surface area contributed by atoms with E-state index in [2.05, 4.69) is 240 Å². The zero-order valence-corrected chi connectivity index (χ0v) is 35.7.